The fraction of sp³-hybridized carbons (Fsp3) is 0.550. The van der Waals surface area contributed by atoms with Gasteiger partial charge in [0, 0.05) is 39.0 Å². The summed E-state index contributed by atoms with van der Waals surface area (Å²) in [6.45, 7) is 4.55. The normalized spacial score (nSPS) is 20.9. The Morgan fingerprint density at radius 3 is 2.70 bits per heavy atom. The van der Waals surface area contributed by atoms with E-state index in [9.17, 15) is 14.4 Å². The molecule has 2 N–H and O–H groups in total. The van der Waals surface area contributed by atoms with Crippen molar-refractivity contribution in [3.63, 3.8) is 0 Å². The SMILES string of the molecule is CC(c1ccccc1)N1CC(NC(=O)NCCCN2CCCC2=O)CC1=O. The van der Waals surface area contributed by atoms with Gasteiger partial charge in [0.25, 0.3) is 0 Å². The van der Waals surface area contributed by atoms with Crippen LogP contribution in [0.5, 0.6) is 0 Å². The summed E-state index contributed by atoms with van der Waals surface area (Å²) in [6.07, 6.45) is 2.63. The lowest BCUT2D eigenvalue weighted by Gasteiger charge is -2.25. The van der Waals surface area contributed by atoms with Crippen LogP contribution in [-0.2, 0) is 9.59 Å². The first kappa shape index (κ1) is 19.2. The van der Waals surface area contributed by atoms with E-state index in [2.05, 4.69) is 10.6 Å². The summed E-state index contributed by atoms with van der Waals surface area (Å²) in [6, 6.07) is 9.46. The van der Waals surface area contributed by atoms with Gasteiger partial charge in [-0.1, -0.05) is 30.3 Å². The van der Waals surface area contributed by atoms with Crippen LogP contribution in [-0.4, -0.2) is 59.9 Å². The van der Waals surface area contributed by atoms with Crippen molar-refractivity contribution in [3.05, 3.63) is 35.9 Å². The van der Waals surface area contributed by atoms with Gasteiger partial charge in [-0.15, -0.1) is 0 Å². The topological polar surface area (TPSA) is 81.8 Å². The standard InChI is InChI=1S/C20H28N4O3/c1-15(16-7-3-2-4-8-16)24-14-17(13-19(24)26)22-20(27)21-10-6-12-23-11-5-9-18(23)25/h2-4,7-8,15,17H,5-6,9-14H2,1H3,(H2,21,22,27). The van der Waals surface area contributed by atoms with Gasteiger partial charge in [-0.25, -0.2) is 4.79 Å². The van der Waals surface area contributed by atoms with E-state index in [0.717, 1.165) is 24.9 Å². The highest BCUT2D eigenvalue weighted by Gasteiger charge is 2.33. The number of benzene rings is 1. The number of urea groups is 1. The zero-order valence-corrected chi connectivity index (χ0v) is 15.8. The van der Waals surface area contributed by atoms with Crippen LogP contribution in [0.4, 0.5) is 4.79 Å². The van der Waals surface area contributed by atoms with Crippen LogP contribution in [0.15, 0.2) is 30.3 Å². The molecule has 2 fully saturated rings. The molecule has 0 aliphatic carbocycles. The van der Waals surface area contributed by atoms with Crippen molar-refractivity contribution >= 4 is 17.8 Å². The second-order valence-corrected chi connectivity index (χ2v) is 7.27. The van der Waals surface area contributed by atoms with Gasteiger partial charge in [0.1, 0.15) is 0 Å². The molecule has 2 saturated heterocycles. The highest BCUT2D eigenvalue weighted by molar-refractivity contribution is 5.82. The van der Waals surface area contributed by atoms with Gasteiger partial charge in [0.05, 0.1) is 12.1 Å². The zero-order valence-electron chi connectivity index (χ0n) is 15.8. The first-order valence-corrected chi connectivity index (χ1v) is 9.71. The molecule has 0 bridgehead atoms. The predicted octanol–water partition coefficient (Wildman–Crippen LogP) is 1.66. The second-order valence-electron chi connectivity index (χ2n) is 7.27. The van der Waals surface area contributed by atoms with E-state index in [4.69, 9.17) is 0 Å². The molecule has 7 heteroatoms. The number of amides is 4. The second kappa shape index (κ2) is 8.88. The maximum absolute atomic E-state index is 12.3. The van der Waals surface area contributed by atoms with Crippen molar-refractivity contribution in [1.82, 2.24) is 20.4 Å². The minimum absolute atomic E-state index is 0.00782. The molecule has 0 spiro atoms. The molecule has 3 rings (SSSR count). The monoisotopic (exact) mass is 372 g/mol. The van der Waals surface area contributed by atoms with Gasteiger partial charge >= 0.3 is 6.03 Å². The number of nitrogens with zero attached hydrogens (tertiary/aromatic N) is 2. The molecule has 1 aromatic carbocycles. The molecular formula is C20H28N4O3. The van der Waals surface area contributed by atoms with Gasteiger partial charge in [-0.05, 0) is 25.3 Å². The van der Waals surface area contributed by atoms with Crippen LogP contribution in [0.3, 0.4) is 0 Å². The highest BCUT2D eigenvalue weighted by atomic mass is 16.2. The molecular weight excluding hydrogens is 344 g/mol. The van der Waals surface area contributed by atoms with E-state index < -0.39 is 0 Å². The largest absolute Gasteiger partial charge is 0.343 e. The lowest BCUT2D eigenvalue weighted by atomic mass is 10.1. The Morgan fingerprint density at radius 1 is 1.22 bits per heavy atom. The number of carbonyl (C=O) groups is 3. The molecule has 2 aliphatic heterocycles. The summed E-state index contributed by atoms with van der Waals surface area (Å²) in [7, 11) is 0. The highest BCUT2D eigenvalue weighted by Crippen LogP contribution is 2.25. The molecule has 1 aromatic rings. The minimum Gasteiger partial charge on any atom is -0.343 e. The quantitative estimate of drug-likeness (QED) is 0.714. The lowest BCUT2D eigenvalue weighted by molar-refractivity contribution is -0.129. The summed E-state index contributed by atoms with van der Waals surface area (Å²) in [4.78, 5) is 39.6. The van der Waals surface area contributed by atoms with Crippen LogP contribution in [0, 0.1) is 0 Å². The molecule has 4 amide bonds. The van der Waals surface area contributed by atoms with Gasteiger partial charge in [-0.2, -0.15) is 0 Å². The first-order chi connectivity index (χ1) is 13.0. The number of hydrogen-bond donors (Lipinski definition) is 2. The molecule has 2 heterocycles. The number of rotatable bonds is 7. The molecule has 146 valence electrons. The lowest BCUT2D eigenvalue weighted by Crippen LogP contribution is -2.44. The van der Waals surface area contributed by atoms with E-state index >= 15 is 0 Å². The molecule has 2 aliphatic rings. The Labute approximate surface area is 160 Å². The molecule has 0 radical (unpaired) electrons. The third kappa shape index (κ3) is 4.99. The van der Waals surface area contributed by atoms with Gasteiger partial charge in [0.2, 0.25) is 11.8 Å². The summed E-state index contributed by atoms with van der Waals surface area (Å²) >= 11 is 0. The smallest absolute Gasteiger partial charge is 0.315 e. The number of hydrogen-bond acceptors (Lipinski definition) is 3. The molecule has 0 saturated carbocycles. The Bertz CT molecular complexity index is 679. The number of nitrogens with one attached hydrogen (secondary N) is 2. The average molecular weight is 372 g/mol. The van der Waals surface area contributed by atoms with Crippen LogP contribution >= 0.6 is 0 Å². The minimum atomic E-state index is -0.255. The van der Waals surface area contributed by atoms with Crippen molar-refractivity contribution in [3.8, 4) is 0 Å². The van der Waals surface area contributed by atoms with Gasteiger partial charge in [0.15, 0.2) is 0 Å². The third-order valence-electron chi connectivity index (χ3n) is 5.30. The summed E-state index contributed by atoms with van der Waals surface area (Å²) in [5.74, 6) is 0.265. The molecule has 7 nitrogen and oxygen atoms in total. The van der Waals surface area contributed by atoms with Crippen molar-refractivity contribution in [2.24, 2.45) is 0 Å². The van der Waals surface area contributed by atoms with Crippen LogP contribution in [0.25, 0.3) is 0 Å². The Kier molecular flexibility index (Phi) is 6.32. The van der Waals surface area contributed by atoms with Crippen LogP contribution in [0.2, 0.25) is 0 Å². The van der Waals surface area contributed by atoms with E-state index in [0.29, 0.717) is 32.5 Å². The molecule has 27 heavy (non-hydrogen) atoms. The fourth-order valence-electron chi connectivity index (χ4n) is 3.76. The van der Waals surface area contributed by atoms with Gasteiger partial charge in [-0.3, -0.25) is 9.59 Å². The molecule has 2 unspecified atom stereocenters. The zero-order chi connectivity index (χ0) is 19.2. The fourth-order valence-corrected chi connectivity index (χ4v) is 3.76. The predicted molar refractivity (Wildman–Crippen MR) is 102 cm³/mol. The van der Waals surface area contributed by atoms with Crippen molar-refractivity contribution in [1.29, 1.82) is 0 Å². The van der Waals surface area contributed by atoms with Crippen LogP contribution < -0.4 is 10.6 Å². The third-order valence-corrected chi connectivity index (χ3v) is 5.30. The van der Waals surface area contributed by atoms with E-state index in [1.165, 1.54) is 0 Å². The van der Waals surface area contributed by atoms with Crippen LogP contribution in [0.1, 0.15) is 44.2 Å². The summed E-state index contributed by atoms with van der Waals surface area (Å²) in [5, 5.41) is 5.71. The van der Waals surface area contributed by atoms with E-state index in [-0.39, 0.29) is 29.9 Å². The maximum Gasteiger partial charge on any atom is 0.315 e. The van der Waals surface area contributed by atoms with E-state index in [1.807, 2.05) is 47.1 Å². The Hall–Kier alpha value is -2.57. The number of carbonyl (C=O) groups excluding carboxylic acids is 3. The number of likely N-dealkylation sites (tertiary alicyclic amines) is 2. The summed E-state index contributed by atoms with van der Waals surface area (Å²) in [5.41, 5.74) is 1.09. The average Bonchev–Trinajstić information content (AvgIpc) is 3.24. The summed E-state index contributed by atoms with van der Waals surface area (Å²) < 4.78 is 0. The van der Waals surface area contributed by atoms with Crippen molar-refractivity contribution in [2.75, 3.05) is 26.2 Å². The molecule has 2 atom stereocenters. The Balaban J connectivity index is 1.38. The molecule has 0 aromatic heterocycles. The van der Waals surface area contributed by atoms with Crippen molar-refractivity contribution in [2.45, 2.75) is 44.7 Å². The Morgan fingerprint density at radius 2 is 2.00 bits per heavy atom. The van der Waals surface area contributed by atoms with Gasteiger partial charge < -0.3 is 20.4 Å². The van der Waals surface area contributed by atoms with E-state index in [1.54, 1.807) is 0 Å². The first-order valence-electron chi connectivity index (χ1n) is 9.71. The maximum atomic E-state index is 12.3. The van der Waals surface area contributed by atoms with Crippen molar-refractivity contribution < 1.29 is 14.4 Å².